The first-order valence-corrected chi connectivity index (χ1v) is 8.68. The highest BCUT2D eigenvalue weighted by atomic mass is 35.5. The molecule has 1 aliphatic rings. The van der Waals surface area contributed by atoms with E-state index in [2.05, 4.69) is 5.32 Å². The molecule has 0 amide bonds. The van der Waals surface area contributed by atoms with Crippen LogP contribution in [0.3, 0.4) is 0 Å². The van der Waals surface area contributed by atoms with Crippen LogP contribution in [0.5, 0.6) is 17.2 Å². The van der Waals surface area contributed by atoms with E-state index in [1.54, 1.807) is 24.3 Å². The van der Waals surface area contributed by atoms with Gasteiger partial charge in [0.25, 0.3) is 0 Å². The van der Waals surface area contributed by atoms with Crippen molar-refractivity contribution in [3.8, 4) is 17.2 Å². The molecule has 0 fully saturated rings. The van der Waals surface area contributed by atoms with Crippen molar-refractivity contribution >= 4 is 11.6 Å². The molecule has 2 N–H and O–H groups in total. The fourth-order valence-electron chi connectivity index (χ4n) is 2.52. The van der Waals surface area contributed by atoms with E-state index in [1.807, 2.05) is 31.2 Å². The topological polar surface area (TPSA) is 60.0 Å². The third-order valence-corrected chi connectivity index (χ3v) is 4.27. The van der Waals surface area contributed by atoms with E-state index in [0.717, 1.165) is 11.5 Å². The van der Waals surface area contributed by atoms with Gasteiger partial charge in [-0.05, 0) is 43.3 Å². The highest BCUT2D eigenvalue weighted by molar-refractivity contribution is 6.30. The van der Waals surface area contributed by atoms with Gasteiger partial charge in [-0.3, -0.25) is 0 Å². The molecule has 134 valence electrons. The molecule has 0 bridgehead atoms. The summed E-state index contributed by atoms with van der Waals surface area (Å²) < 4.78 is 17.2. The summed E-state index contributed by atoms with van der Waals surface area (Å²) in [5, 5.41) is 14.0. The van der Waals surface area contributed by atoms with E-state index in [9.17, 15) is 5.11 Å². The van der Waals surface area contributed by atoms with Crippen LogP contribution < -0.4 is 19.5 Å². The number of para-hydroxylation sites is 2. The van der Waals surface area contributed by atoms with Crippen LogP contribution in [0, 0.1) is 0 Å². The number of aliphatic hydroxyl groups excluding tert-OH is 1. The van der Waals surface area contributed by atoms with Gasteiger partial charge in [-0.15, -0.1) is 0 Å². The first kappa shape index (κ1) is 17.9. The molecule has 3 atom stereocenters. The van der Waals surface area contributed by atoms with Crippen molar-refractivity contribution < 1.29 is 19.3 Å². The molecule has 25 heavy (non-hydrogen) atoms. The van der Waals surface area contributed by atoms with Gasteiger partial charge >= 0.3 is 0 Å². The zero-order valence-electron chi connectivity index (χ0n) is 14.0. The van der Waals surface area contributed by atoms with Crippen LogP contribution in [0.15, 0.2) is 48.5 Å². The minimum Gasteiger partial charge on any atom is -0.491 e. The number of hydrogen-bond acceptors (Lipinski definition) is 5. The van der Waals surface area contributed by atoms with Gasteiger partial charge in [0.05, 0.1) is 0 Å². The predicted molar refractivity (Wildman–Crippen MR) is 96.8 cm³/mol. The van der Waals surface area contributed by atoms with Crippen molar-refractivity contribution in [1.82, 2.24) is 5.32 Å². The van der Waals surface area contributed by atoms with Gasteiger partial charge in [0.2, 0.25) is 0 Å². The molecule has 5 nitrogen and oxygen atoms in total. The number of ether oxygens (including phenoxy) is 3. The van der Waals surface area contributed by atoms with Crippen LogP contribution >= 0.6 is 11.6 Å². The van der Waals surface area contributed by atoms with Crippen molar-refractivity contribution in [2.45, 2.75) is 25.2 Å². The van der Waals surface area contributed by atoms with Crippen LogP contribution in [-0.4, -0.2) is 43.1 Å². The Bertz CT molecular complexity index is 679. The van der Waals surface area contributed by atoms with Gasteiger partial charge in [0.15, 0.2) is 11.5 Å². The zero-order chi connectivity index (χ0) is 17.6. The van der Waals surface area contributed by atoms with Gasteiger partial charge in [-0.25, -0.2) is 0 Å². The Labute approximate surface area is 152 Å². The third kappa shape index (κ3) is 5.01. The zero-order valence-corrected chi connectivity index (χ0v) is 14.8. The number of aliphatic hydroxyl groups is 1. The average molecular weight is 364 g/mol. The molecule has 2 aromatic rings. The molecule has 0 saturated carbocycles. The Morgan fingerprint density at radius 3 is 2.68 bits per heavy atom. The molecule has 0 saturated heterocycles. The van der Waals surface area contributed by atoms with E-state index in [1.165, 1.54) is 0 Å². The first-order valence-electron chi connectivity index (χ1n) is 8.30. The second kappa shape index (κ2) is 8.43. The lowest BCUT2D eigenvalue weighted by Crippen LogP contribution is -2.48. The summed E-state index contributed by atoms with van der Waals surface area (Å²) in [6.45, 7) is 3.08. The van der Waals surface area contributed by atoms with E-state index in [4.69, 9.17) is 25.8 Å². The molecule has 3 rings (SSSR count). The van der Waals surface area contributed by atoms with Crippen LogP contribution in [0.25, 0.3) is 0 Å². The molecular weight excluding hydrogens is 342 g/mol. The van der Waals surface area contributed by atoms with Crippen LogP contribution in [0.1, 0.15) is 6.92 Å². The van der Waals surface area contributed by atoms with Crippen molar-refractivity contribution in [3.63, 3.8) is 0 Å². The number of rotatable bonds is 7. The van der Waals surface area contributed by atoms with Crippen molar-refractivity contribution in [2.24, 2.45) is 0 Å². The second-order valence-electron chi connectivity index (χ2n) is 6.03. The molecule has 1 aliphatic heterocycles. The maximum atomic E-state index is 10.1. The molecule has 0 spiro atoms. The lowest BCUT2D eigenvalue weighted by atomic mass is 10.1. The van der Waals surface area contributed by atoms with Crippen molar-refractivity contribution in [2.75, 3.05) is 19.8 Å². The fourth-order valence-corrected chi connectivity index (χ4v) is 2.64. The number of fused-ring (bicyclic) bond motifs is 1. The molecule has 3 unspecified atom stereocenters. The summed E-state index contributed by atoms with van der Waals surface area (Å²) >= 11 is 5.83. The van der Waals surface area contributed by atoms with Crippen LogP contribution in [0.2, 0.25) is 5.02 Å². The summed E-state index contributed by atoms with van der Waals surface area (Å²) in [6.07, 6.45) is -0.741. The van der Waals surface area contributed by atoms with Gasteiger partial charge in [0.1, 0.15) is 31.2 Å². The van der Waals surface area contributed by atoms with Gasteiger partial charge < -0.3 is 24.6 Å². The lowest BCUT2D eigenvalue weighted by Gasteiger charge is -2.31. The average Bonchev–Trinajstić information content (AvgIpc) is 2.65. The number of benzene rings is 2. The van der Waals surface area contributed by atoms with Crippen LogP contribution in [0.4, 0.5) is 0 Å². The Morgan fingerprint density at radius 1 is 1.20 bits per heavy atom. The van der Waals surface area contributed by atoms with Crippen molar-refractivity contribution in [3.05, 3.63) is 53.6 Å². The summed E-state index contributed by atoms with van der Waals surface area (Å²) in [7, 11) is 0. The lowest BCUT2D eigenvalue weighted by molar-refractivity contribution is 0.0557. The molecule has 0 radical (unpaired) electrons. The normalized spacial score (nSPS) is 18.4. The van der Waals surface area contributed by atoms with Gasteiger partial charge in [-0.1, -0.05) is 23.7 Å². The Balaban J connectivity index is 1.41. The molecular formula is C19H22ClNO4. The minimum absolute atomic E-state index is 0.0264. The van der Waals surface area contributed by atoms with Gasteiger partial charge in [-0.2, -0.15) is 0 Å². The maximum absolute atomic E-state index is 10.1. The van der Waals surface area contributed by atoms with Crippen LogP contribution in [-0.2, 0) is 0 Å². The fraction of sp³-hybridized carbons (Fsp3) is 0.368. The highest BCUT2D eigenvalue weighted by Crippen LogP contribution is 2.31. The summed E-state index contributed by atoms with van der Waals surface area (Å²) in [5.74, 6) is 2.19. The molecule has 2 aromatic carbocycles. The smallest absolute Gasteiger partial charge is 0.161 e. The largest absolute Gasteiger partial charge is 0.491 e. The van der Waals surface area contributed by atoms with E-state index < -0.39 is 6.10 Å². The first-order chi connectivity index (χ1) is 12.1. The molecule has 0 aliphatic carbocycles. The van der Waals surface area contributed by atoms with E-state index in [0.29, 0.717) is 23.9 Å². The standard InChI is InChI=1S/C19H22ClNO4/c1-13(19-12-24-17-4-2-3-5-18(17)25-19)21-10-15(22)11-23-16-8-6-14(20)7-9-16/h2-9,13,15,19,21-22H,10-12H2,1H3. The van der Waals surface area contributed by atoms with E-state index >= 15 is 0 Å². The number of hydrogen-bond donors (Lipinski definition) is 2. The van der Waals surface area contributed by atoms with E-state index in [-0.39, 0.29) is 18.8 Å². The maximum Gasteiger partial charge on any atom is 0.161 e. The molecule has 0 aromatic heterocycles. The monoisotopic (exact) mass is 363 g/mol. The van der Waals surface area contributed by atoms with Crippen molar-refractivity contribution in [1.29, 1.82) is 0 Å². The Kier molecular flexibility index (Phi) is 6.02. The SMILES string of the molecule is CC(NCC(O)COc1ccc(Cl)cc1)C1COc2ccccc2O1. The van der Waals surface area contributed by atoms with Gasteiger partial charge in [0, 0.05) is 17.6 Å². The summed E-state index contributed by atoms with van der Waals surface area (Å²) in [6, 6.07) is 14.7. The quantitative estimate of drug-likeness (QED) is 0.792. The number of nitrogens with one attached hydrogen (secondary N) is 1. The number of halogens is 1. The molecule has 6 heteroatoms. The summed E-state index contributed by atoms with van der Waals surface area (Å²) in [4.78, 5) is 0. The summed E-state index contributed by atoms with van der Waals surface area (Å²) in [5.41, 5.74) is 0. The molecule has 1 heterocycles. The third-order valence-electron chi connectivity index (χ3n) is 4.02. The minimum atomic E-state index is -0.630. The Hall–Kier alpha value is -1.95. The Morgan fingerprint density at radius 2 is 1.92 bits per heavy atom. The highest BCUT2D eigenvalue weighted by Gasteiger charge is 2.26. The predicted octanol–water partition coefficient (Wildman–Crippen LogP) is 2.90. The second-order valence-corrected chi connectivity index (χ2v) is 6.47.